The number of alkyl halides is 5. The maximum atomic E-state index is 12.3. The van der Waals surface area contributed by atoms with Crippen molar-refractivity contribution in [3.8, 4) is 5.75 Å². The van der Waals surface area contributed by atoms with Gasteiger partial charge in [-0.25, -0.2) is 8.42 Å². The monoisotopic (exact) mass is 1030 g/mol. The number of furan rings is 1. The van der Waals surface area contributed by atoms with Crippen LogP contribution >= 0.6 is 27.5 Å². The molecule has 6 rings (SSSR count). The molecule has 1 N–H and O–H groups in total. The molecule has 11 nitrogen and oxygen atoms in total. The fourth-order valence-corrected chi connectivity index (χ4v) is 7.66. The highest BCUT2D eigenvalue weighted by Gasteiger charge is 2.51. The highest BCUT2D eigenvalue weighted by Crippen LogP contribution is 2.37. The SMILES string of the molecule is CCN(CC)CC.COC(=O)CS(=O)(=O)c1cccc(B2OC(C)(C)C(C)(C)O2)c1.FC(F)(F)c1ccc(CNCc2ccc(Br)cc2)o1.O=C(Cl)c1c(OC(F)F)ccc2ccccc12. The molecule has 0 amide bonds. The fourth-order valence-electron chi connectivity index (χ4n) is 6.01. The molecule has 0 aliphatic carbocycles. The zero-order valence-electron chi connectivity index (χ0n) is 37.8. The number of sulfone groups is 1. The van der Waals surface area contributed by atoms with E-state index in [0.29, 0.717) is 17.4 Å². The minimum absolute atomic E-state index is 0.0370. The van der Waals surface area contributed by atoms with Crippen LogP contribution < -0.4 is 15.5 Å². The lowest BCUT2D eigenvalue weighted by molar-refractivity contribution is -0.153. The highest BCUT2D eigenvalue weighted by atomic mass is 79.9. The largest absolute Gasteiger partial charge is 0.494 e. The van der Waals surface area contributed by atoms with Crippen LogP contribution in [0.1, 0.15) is 75.9 Å². The smallest absolute Gasteiger partial charge is 0.468 e. The van der Waals surface area contributed by atoms with Crippen LogP contribution in [0.3, 0.4) is 0 Å². The van der Waals surface area contributed by atoms with Crippen LogP contribution in [0.15, 0.2) is 111 Å². The molecular formula is C46H54BBrClF5N2O9S. The van der Waals surface area contributed by atoms with Crippen LogP contribution in [0.2, 0.25) is 0 Å². The van der Waals surface area contributed by atoms with Crippen LogP contribution in [-0.2, 0) is 47.9 Å². The Morgan fingerprint density at radius 1 is 0.848 bits per heavy atom. The summed E-state index contributed by atoms with van der Waals surface area (Å²) in [7, 11) is -3.27. The van der Waals surface area contributed by atoms with Gasteiger partial charge in [-0.15, -0.1) is 0 Å². The molecule has 360 valence electrons. The minimum atomic E-state index is -4.43. The quantitative estimate of drug-likeness (QED) is 0.0493. The van der Waals surface area contributed by atoms with E-state index in [9.17, 15) is 40.0 Å². The Kier molecular flexibility index (Phi) is 21.3. The third-order valence-electron chi connectivity index (χ3n) is 10.4. The molecule has 4 aromatic carbocycles. The first-order valence-electron chi connectivity index (χ1n) is 20.6. The number of hydrogen-bond acceptors (Lipinski definition) is 11. The first kappa shape index (κ1) is 56.0. The maximum absolute atomic E-state index is 12.3. The molecule has 5 aromatic rings. The van der Waals surface area contributed by atoms with Crippen molar-refractivity contribution in [3.05, 3.63) is 124 Å². The van der Waals surface area contributed by atoms with Crippen LogP contribution in [0.25, 0.3) is 10.8 Å². The zero-order chi connectivity index (χ0) is 49.5. The molecular weight excluding hydrogens is 978 g/mol. The number of rotatable bonds is 14. The van der Waals surface area contributed by atoms with Crippen molar-refractivity contribution in [1.82, 2.24) is 10.2 Å². The van der Waals surface area contributed by atoms with Gasteiger partial charge in [0.2, 0.25) is 5.76 Å². The number of methoxy groups -OCH3 is 1. The molecule has 1 aliphatic rings. The summed E-state index contributed by atoms with van der Waals surface area (Å²) in [5.74, 6) is -2.40. The average molecular weight is 1030 g/mol. The van der Waals surface area contributed by atoms with Crippen LogP contribution in [0, 0.1) is 0 Å². The number of carbonyl (C=O) groups is 2. The van der Waals surface area contributed by atoms with E-state index in [1.807, 2.05) is 52.0 Å². The van der Waals surface area contributed by atoms with Gasteiger partial charge in [0, 0.05) is 11.0 Å². The van der Waals surface area contributed by atoms with Gasteiger partial charge < -0.3 is 33.4 Å². The number of esters is 1. The minimum Gasteiger partial charge on any atom is -0.468 e. The Hall–Kier alpha value is -4.37. The van der Waals surface area contributed by atoms with Crippen LogP contribution in [-0.4, -0.2) is 82.0 Å². The Morgan fingerprint density at radius 2 is 1.45 bits per heavy atom. The van der Waals surface area contributed by atoms with Crippen molar-refractivity contribution in [3.63, 3.8) is 0 Å². The van der Waals surface area contributed by atoms with E-state index in [1.165, 1.54) is 43.9 Å². The molecule has 20 heteroatoms. The number of carbonyl (C=O) groups excluding carboxylic acids is 2. The lowest BCUT2D eigenvalue weighted by Gasteiger charge is -2.32. The van der Waals surface area contributed by atoms with Crippen molar-refractivity contribution >= 4 is 71.9 Å². The number of hydrogen-bond donors (Lipinski definition) is 1. The van der Waals surface area contributed by atoms with Crippen molar-refractivity contribution in [1.29, 1.82) is 0 Å². The van der Waals surface area contributed by atoms with Crippen molar-refractivity contribution in [2.24, 2.45) is 0 Å². The third kappa shape index (κ3) is 16.8. The van der Waals surface area contributed by atoms with Gasteiger partial charge in [0.1, 0.15) is 11.5 Å². The molecule has 0 spiro atoms. The first-order chi connectivity index (χ1) is 30.9. The normalized spacial score (nSPS) is 14.1. The van der Waals surface area contributed by atoms with Gasteiger partial charge in [-0.3, -0.25) is 9.59 Å². The number of ether oxygens (including phenoxy) is 2. The first-order valence-corrected chi connectivity index (χ1v) is 23.4. The molecule has 1 saturated heterocycles. The summed E-state index contributed by atoms with van der Waals surface area (Å²) >= 11 is 8.74. The Morgan fingerprint density at radius 3 is 1.97 bits per heavy atom. The Labute approximate surface area is 396 Å². The summed E-state index contributed by atoms with van der Waals surface area (Å²) in [6.45, 7) is 15.6. The highest BCUT2D eigenvalue weighted by molar-refractivity contribution is 9.10. The van der Waals surface area contributed by atoms with E-state index in [0.717, 1.165) is 28.6 Å². The molecule has 0 atom stereocenters. The van der Waals surface area contributed by atoms with Crippen molar-refractivity contribution < 1.29 is 63.2 Å². The molecule has 0 bridgehead atoms. The third-order valence-corrected chi connectivity index (χ3v) is 12.7. The average Bonchev–Trinajstić information content (AvgIpc) is 3.83. The number of benzene rings is 4. The van der Waals surface area contributed by atoms with Gasteiger partial charge in [-0.2, -0.15) is 22.0 Å². The van der Waals surface area contributed by atoms with Gasteiger partial charge in [-0.05, 0) is 123 Å². The van der Waals surface area contributed by atoms with Gasteiger partial charge in [0.05, 0.1) is 35.3 Å². The lowest BCUT2D eigenvalue weighted by atomic mass is 9.79. The summed E-state index contributed by atoms with van der Waals surface area (Å²) in [6, 6.07) is 26.0. The predicted molar refractivity (Wildman–Crippen MR) is 249 cm³/mol. The molecule has 2 heterocycles. The number of fused-ring (bicyclic) bond motifs is 1. The Bertz CT molecular complexity index is 2430. The fraction of sp³-hybridized carbons (Fsp3) is 0.391. The molecule has 1 aliphatic heterocycles. The van der Waals surface area contributed by atoms with E-state index in [1.54, 1.807) is 42.5 Å². The van der Waals surface area contributed by atoms with E-state index < -0.39 is 63.7 Å². The summed E-state index contributed by atoms with van der Waals surface area (Å²) in [4.78, 5) is 25.0. The van der Waals surface area contributed by atoms with E-state index in [2.05, 4.69) is 56.4 Å². The molecule has 66 heavy (non-hydrogen) atoms. The van der Waals surface area contributed by atoms with Crippen molar-refractivity contribution in [2.75, 3.05) is 32.5 Å². The van der Waals surface area contributed by atoms with Gasteiger partial charge in [0.15, 0.2) is 15.6 Å². The number of nitrogens with zero attached hydrogens (tertiary/aromatic N) is 1. The summed E-state index contributed by atoms with van der Waals surface area (Å²) < 4.78 is 112. The molecule has 1 fully saturated rings. The Balaban J connectivity index is 0.000000247. The zero-order valence-corrected chi connectivity index (χ0v) is 41.0. The second kappa shape index (κ2) is 25.1. The second-order valence-electron chi connectivity index (χ2n) is 15.4. The second-order valence-corrected chi connectivity index (χ2v) is 18.7. The van der Waals surface area contributed by atoms with Crippen molar-refractivity contribution in [2.45, 2.75) is 90.4 Å². The standard InChI is InChI=1S/C15H21BO6S.C13H11BrF3NO.C12H7ClF2O2.C6H15N/c1-14(2)15(3,4)22-16(21-14)11-7-6-8-12(9-11)23(18,19)10-13(17)20-5;14-10-3-1-9(2-4-10)7-18-8-11-5-6-12(19-11)13(15,16)17;13-11(16)10-8-4-2-1-3-7(8)5-6-9(10)17-12(14)15;1-4-7(5-2)6-3/h6-9H,10H2,1-5H3;1-6,18H,7-8H2;1-6,12H;4-6H2,1-3H3. The molecule has 0 unspecified atom stereocenters. The van der Waals surface area contributed by atoms with Crippen LogP contribution in [0.4, 0.5) is 22.0 Å². The molecule has 0 radical (unpaired) electrons. The maximum Gasteiger partial charge on any atom is 0.494 e. The predicted octanol–water partition coefficient (Wildman–Crippen LogP) is 10.5. The summed E-state index contributed by atoms with van der Waals surface area (Å²) in [5.41, 5.74) is 0.572. The van der Waals surface area contributed by atoms with Gasteiger partial charge in [0.25, 0.3) is 5.24 Å². The molecule has 0 saturated carbocycles. The molecule has 1 aromatic heterocycles. The van der Waals surface area contributed by atoms with Gasteiger partial charge >= 0.3 is 25.9 Å². The van der Waals surface area contributed by atoms with Crippen LogP contribution in [0.5, 0.6) is 5.75 Å². The van der Waals surface area contributed by atoms with Gasteiger partial charge in [-0.1, -0.05) is 91.3 Å². The lowest BCUT2D eigenvalue weighted by Crippen LogP contribution is -2.41. The number of nitrogens with one attached hydrogen (secondary N) is 1. The van der Waals surface area contributed by atoms with E-state index in [4.69, 9.17) is 25.3 Å². The number of halogens is 7. The summed E-state index contributed by atoms with van der Waals surface area (Å²) in [6.07, 6.45) is -4.43. The topological polar surface area (TPSA) is 134 Å². The van der Waals surface area contributed by atoms with E-state index in [-0.39, 0.29) is 28.5 Å². The van der Waals surface area contributed by atoms with E-state index >= 15 is 0 Å². The summed E-state index contributed by atoms with van der Waals surface area (Å²) in [5, 5.41) is 3.43.